The minimum Gasteiger partial charge on any atom is -0.347 e. The maximum atomic E-state index is 11.7. The molecular weight excluding hydrogens is 188 g/mol. The molecule has 1 N–H and O–H groups in total. The molecule has 1 atom stereocenters. The van der Waals surface area contributed by atoms with Gasteiger partial charge in [-0.15, -0.1) is 0 Å². The van der Waals surface area contributed by atoms with Crippen LogP contribution in [0.4, 0.5) is 0 Å². The molecule has 0 aliphatic heterocycles. The van der Waals surface area contributed by atoms with Crippen LogP contribution in [0, 0.1) is 0 Å². The average molecular weight is 212 g/mol. The van der Waals surface area contributed by atoms with Gasteiger partial charge in [0.05, 0.1) is 6.04 Å². The van der Waals surface area contributed by atoms with Crippen molar-refractivity contribution in [3.05, 3.63) is 0 Å². The maximum Gasteiger partial charge on any atom is 0.238 e. The van der Waals surface area contributed by atoms with Crippen molar-refractivity contribution in [3.63, 3.8) is 0 Å². The molecule has 0 aromatic rings. The molecule has 1 amide bonds. The van der Waals surface area contributed by atoms with E-state index in [1.807, 2.05) is 21.0 Å². The standard InChI is InChI=1S/C12H24N2O/c1-10(12(15)14(2)3)13-11-8-6-4-5-7-9-11/h10-11,13H,4-9H2,1-3H3/t10-/m1/s1. The van der Waals surface area contributed by atoms with E-state index in [0.29, 0.717) is 6.04 Å². The monoisotopic (exact) mass is 212 g/mol. The third-order valence-electron chi connectivity index (χ3n) is 3.15. The Morgan fingerprint density at radius 2 is 1.73 bits per heavy atom. The molecule has 3 nitrogen and oxygen atoms in total. The van der Waals surface area contributed by atoms with E-state index in [2.05, 4.69) is 5.32 Å². The topological polar surface area (TPSA) is 32.3 Å². The van der Waals surface area contributed by atoms with Crippen LogP contribution in [0.1, 0.15) is 45.4 Å². The van der Waals surface area contributed by atoms with Crippen LogP contribution in [-0.2, 0) is 4.79 Å². The summed E-state index contributed by atoms with van der Waals surface area (Å²) in [6.07, 6.45) is 7.78. The lowest BCUT2D eigenvalue weighted by molar-refractivity contribution is -0.130. The summed E-state index contributed by atoms with van der Waals surface area (Å²) in [4.78, 5) is 13.3. The van der Waals surface area contributed by atoms with E-state index in [9.17, 15) is 4.79 Å². The molecule has 1 fully saturated rings. The maximum absolute atomic E-state index is 11.7. The fraction of sp³-hybridized carbons (Fsp3) is 0.917. The number of nitrogens with zero attached hydrogens (tertiary/aromatic N) is 1. The van der Waals surface area contributed by atoms with E-state index < -0.39 is 0 Å². The van der Waals surface area contributed by atoms with Crippen LogP contribution in [0.15, 0.2) is 0 Å². The molecule has 0 radical (unpaired) electrons. The van der Waals surface area contributed by atoms with Crippen molar-refractivity contribution in [2.45, 2.75) is 57.5 Å². The summed E-state index contributed by atoms with van der Waals surface area (Å²) in [5, 5.41) is 3.45. The third kappa shape index (κ3) is 4.20. The zero-order valence-corrected chi connectivity index (χ0v) is 10.3. The number of carbonyl (C=O) groups excluding carboxylic acids is 1. The van der Waals surface area contributed by atoms with Gasteiger partial charge in [-0.3, -0.25) is 4.79 Å². The van der Waals surface area contributed by atoms with Gasteiger partial charge < -0.3 is 10.2 Å². The van der Waals surface area contributed by atoms with Crippen LogP contribution >= 0.6 is 0 Å². The largest absolute Gasteiger partial charge is 0.347 e. The Labute approximate surface area is 93.2 Å². The van der Waals surface area contributed by atoms with Crippen molar-refractivity contribution >= 4 is 5.91 Å². The normalized spacial score (nSPS) is 20.7. The quantitative estimate of drug-likeness (QED) is 0.723. The van der Waals surface area contributed by atoms with Gasteiger partial charge in [-0.1, -0.05) is 25.7 Å². The Kier molecular flexibility index (Phi) is 5.09. The summed E-state index contributed by atoms with van der Waals surface area (Å²) < 4.78 is 0. The van der Waals surface area contributed by atoms with E-state index in [0.717, 1.165) is 0 Å². The minimum atomic E-state index is -0.0388. The number of hydrogen-bond donors (Lipinski definition) is 1. The van der Waals surface area contributed by atoms with Crippen molar-refractivity contribution in [3.8, 4) is 0 Å². The number of rotatable bonds is 3. The highest BCUT2D eigenvalue weighted by Crippen LogP contribution is 2.17. The van der Waals surface area contributed by atoms with Gasteiger partial charge in [0.2, 0.25) is 5.91 Å². The summed E-state index contributed by atoms with van der Waals surface area (Å²) in [6, 6.07) is 0.509. The number of likely N-dealkylation sites (N-methyl/N-ethyl adjacent to an activating group) is 1. The summed E-state index contributed by atoms with van der Waals surface area (Å²) >= 11 is 0. The molecule has 0 spiro atoms. The Morgan fingerprint density at radius 1 is 1.20 bits per heavy atom. The van der Waals surface area contributed by atoms with Gasteiger partial charge in [-0.2, -0.15) is 0 Å². The molecule has 0 unspecified atom stereocenters. The molecule has 3 heteroatoms. The van der Waals surface area contributed by atoms with Crippen molar-refractivity contribution in [1.29, 1.82) is 0 Å². The second-order valence-corrected chi connectivity index (χ2v) is 4.81. The predicted octanol–water partition coefficient (Wildman–Crippen LogP) is 1.78. The van der Waals surface area contributed by atoms with Crippen LogP contribution in [0.2, 0.25) is 0 Å². The second-order valence-electron chi connectivity index (χ2n) is 4.81. The van der Waals surface area contributed by atoms with Crippen LogP contribution in [-0.4, -0.2) is 37.0 Å². The zero-order valence-electron chi connectivity index (χ0n) is 10.3. The molecule has 0 heterocycles. The Balaban J connectivity index is 2.35. The van der Waals surface area contributed by atoms with Crippen LogP contribution in [0.5, 0.6) is 0 Å². The lowest BCUT2D eigenvalue weighted by Crippen LogP contribution is -2.46. The SMILES string of the molecule is C[C@@H](NC1CCCCCC1)C(=O)N(C)C. The van der Waals surface area contributed by atoms with Crippen molar-refractivity contribution in [1.82, 2.24) is 10.2 Å². The molecule has 0 saturated heterocycles. The van der Waals surface area contributed by atoms with Gasteiger partial charge >= 0.3 is 0 Å². The zero-order chi connectivity index (χ0) is 11.3. The highest BCUT2D eigenvalue weighted by atomic mass is 16.2. The van der Waals surface area contributed by atoms with Gasteiger partial charge in [0, 0.05) is 20.1 Å². The summed E-state index contributed by atoms with van der Waals surface area (Å²) in [5.74, 6) is 0.180. The Bertz CT molecular complexity index is 196. The smallest absolute Gasteiger partial charge is 0.238 e. The lowest BCUT2D eigenvalue weighted by Gasteiger charge is -2.23. The van der Waals surface area contributed by atoms with Gasteiger partial charge in [-0.05, 0) is 19.8 Å². The average Bonchev–Trinajstić information content (AvgIpc) is 2.45. The first kappa shape index (κ1) is 12.5. The molecule has 1 saturated carbocycles. The number of nitrogens with one attached hydrogen (secondary N) is 1. The first-order valence-corrected chi connectivity index (χ1v) is 6.08. The first-order chi connectivity index (χ1) is 7.11. The van der Waals surface area contributed by atoms with Crippen LogP contribution in [0.25, 0.3) is 0 Å². The summed E-state index contributed by atoms with van der Waals surface area (Å²) in [6.45, 7) is 1.97. The number of amides is 1. The Hall–Kier alpha value is -0.570. The highest BCUT2D eigenvalue weighted by molar-refractivity contribution is 5.80. The van der Waals surface area contributed by atoms with Crippen LogP contribution < -0.4 is 5.32 Å². The molecule has 1 aliphatic rings. The van der Waals surface area contributed by atoms with E-state index in [-0.39, 0.29) is 11.9 Å². The molecule has 1 aliphatic carbocycles. The second kappa shape index (κ2) is 6.11. The lowest BCUT2D eigenvalue weighted by atomic mass is 10.1. The van der Waals surface area contributed by atoms with Gasteiger partial charge in [0.1, 0.15) is 0 Å². The fourth-order valence-electron chi connectivity index (χ4n) is 2.26. The van der Waals surface area contributed by atoms with Crippen molar-refractivity contribution in [2.75, 3.05) is 14.1 Å². The van der Waals surface area contributed by atoms with E-state index >= 15 is 0 Å². The molecule has 0 aromatic heterocycles. The first-order valence-electron chi connectivity index (χ1n) is 6.08. The predicted molar refractivity (Wildman–Crippen MR) is 62.8 cm³/mol. The van der Waals surface area contributed by atoms with E-state index in [1.165, 1.54) is 38.5 Å². The van der Waals surface area contributed by atoms with Crippen molar-refractivity contribution in [2.24, 2.45) is 0 Å². The Morgan fingerprint density at radius 3 is 2.20 bits per heavy atom. The molecule has 88 valence electrons. The van der Waals surface area contributed by atoms with E-state index in [4.69, 9.17) is 0 Å². The van der Waals surface area contributed by atoms with E-state index in [1.54, 1.807) is 4.90 Å². The number of carbonyl (C=O) groups is 1. The molecule has 0 aromatic carbocycles. The van der Waals surface area contributed by atoms with Gasteiger partial charge in [-0.25, -0.2) is 0 Å². The van der Waals surface area contributed by atoms with Crippen molar-refractivity contribution < 1.29 is 4.79 Å². The molecule has 1 rings (SSSR count). The fourth-order valence-corrected chi connectivity index (χ4v) is 2.26. The molecule has 0 bridgehead atoms. The summed E-state index contributed by atoms with van der Waals surface area (Å²) in [5.41, 5.74) is 0. The minimum absolute atomic E-state index is 0.0388. The van der Waals surface area contributed by atoms with Gasteiger partial charge in [0.25, 0.3) is 0 Å². The number of hydrogen-bond acceptors (Lipinski definition) is 2. The highest BCUT2D eigenvalue weighted by Gasteiger charge is 2.19. The van der Waals surface area contributed by atoms with Gasteiger partial charge in [0.15, 0.2) is 0 Å². The summed E-state index contributed by atoms with van der Waals surface area (Å²) in [7, 11) is 3.63. The third-order valence-corrected chi connectivity index (χ3v) is 3.15. The molecule has 15 heavy (non-hydrogen) atoms. The molecular formula is C12H24N2O. The van der Waals surface area contributed by atoms with Crippen LogP contribution in [0.3, 0.4) is 0 Å².